The molecule has 0 saturated carbocycles. The molecule has 0 radical (unpaired) electrons. The molecule has 1 atom stereocenters. The van der Waals surface area contributed by atoms with Crippen LogP contribution >= 0.6 is 12.4 Å². The molecule has 6 nitrogen and oxygen atoms in total. The summed E-state index contributed by atoms with van der Waals surface area (Å²) in [5.41, 5.74) is 12.1. The van der Waals surface area contributed by atoms with Crippen molar-refractivity contribution in [3.63, 3.8) is 0 Å². The van der Waals surface area contributed by atoms with Crippen molar-refractivity contribution in [2.75, 3.05) is 13.7 Å². The van der Waals surface area contributed by atoms with E-state index in [0.717, 1.165) is 24.8 Å². The highest BCUT2D eigenvalue weighted by atomic mass is 35.5. The zero-order valence-corrected chi connectivity index (χ0v) is 11.7. The number of halogens is 1. The van der Waals surface area contributed by atoms with Crippen LogP contribution in [0.1, 0.15) is 30.9 Å². The first-order chi connectivity index (χ1) is 8.60. The average molecular weight is 290 g/mol. The van der Waals surface area contributed by atoms with Crippen LogP contribution in [0.2, 0.25) is 0 Å². The van der Waals surface area contributed by atoms with Crippen molar-refractivity contribution in [1.82, 2.24) is 0 Å². The maximum Gasteiger partial charge on any atom is 0.311 e. The van der Waals surface area contributed by atoms with Crippen molar-refractivity contribution in [3.8, 4) is 5.75 Å². The van der Waals surface area contributed by atoms with Crippen LogP contribution in [-0.4, -0.2) is 18.6 Å². The van der Waals surface area contributed by atoms with E-state index in [1.165, 1.54) is 13.2 Å². The molecule has 0 aromatic heterocycles. The van der Waals surface area contributed by atoms with Crippen molar-refractivity contribution >= 4 is 18.1 Å². The first kappa shape index (κ1) is 17.6. The summed E-state index contributed by atoms with van der Waals surface area (Å²) < 4.78 is 4.94. The van der Waals surface area contributed by atoms with Gasteiger partial charge in [-0.25, -0.2) is 0 Å². The van der Waals surface area contributed by atoms with Gasteiger partial charge in [0, 0.05) is 12.1 Å². The van der Waals surface area contributed by atoms with Crippen LogP contribution in [0.3, 0.4) is 0 Å². The van der Waals surface area contributed by atoms with Crippen molar-refractivity contribution < 1.29 is 9.66 Å². The Morgan fingerprint density at radius 3 is 2.63 bits per heavy atom. The Hall–Kier alpha value is -1.37. The summed E-state index contributed by atoms with van der Waals surface area (Å²) >= 11 is 0. The van der Waals surface area contributed by atoms with Crippen LogP contribution in [0, 0.1) is 10.1 Å². The van der Waals surface area contributed by atoms with Crippen molar-refractivity contribution in [2.45, 2.75) is 25.3 Å². The Morgan fingerprint density at radius 1 is 1.42 bits per heavy atom. The van der Waals surface area contributed by atoms with Gasteiger partial charge in [-0.1, -0.05) is 12.5 Å². The first-order valence-electron chi connectivity index (χ1n) is 5.88. The molecular formula is C12H20ClN3O3. The zero-order chi connectivity index (χ0) is 13.5. The lowest BCUT2D eigenvalue weighted by atomic mass is 10.0. The van der Waals surface area contributed by atoms with Gasteiger partial charge in [0.2, 0.25) is 0 Å². The van der Waals surface area contributed by atoms with Crippen LogP contribution < -0.4 is 16.2 Å². The molecule has 0 aliphatic rings. The number of nitro benzene ring substituents is 1. The molecule has 7 heteroatoms. The highest BCUT2D eigenvalue weighted by molar-refractivity contribution is 5.85. The topological polar surface area (TPSA) is 104 Å². The molecule has 1 aromatic carbocycles. The predicted molar refractivity (Wildman–Crippen MR) is 76.7 cm³/mol. The third kappa shape index (κ3) is 5.02. The van der Waals surface area contributed by atoms with Gasteiger partial charge in [-0.3, -0.25) is 10.1 Å². The number of nitro groups is 1. The van der Waals surface area contributed by atoms with Gasteiger partial charge in [-0.15, -0.1) is 12.4 Å². The molecule has 0 bridgehead atoms. The fourth-order valence-corrected chi connectivity index (χ4v) is 1.76. The van der Waals surface area contributed by atoms with Gasteiger partial charge >= 0.3 is 5.69 Å². The lowest BCUT2D eigenvalue weighted by molar-refractivity contribution is -0.385. The number of nitrogens with zero attached hydrogens (tertiary/aromatic N) is 1. The Bertz CT molecular complexity index is 415. The summed E-state index contributed by atoms with van der Waals surface area (Å²) in [5, 5.41) is 10.9. The van der Waals surface area contributed by atoms with Crippen molar-refractivity contribution in [3.05, 3.63) is 33.9 Å². The third-order valence-electron chi connectivity index (χ3n) is 2.80. The van der Waals surface area contributed by atoms with E-state index >= 15 is 0 Å². The van der Waals surface area contributed by atoms with E-state index in [1.54, 1.807) is 12.1 Å². The number of benzene rings is 1. The number of nitrogens with two attached hydrogens (primary N) is 2. The van der Waals surface area contributed by atoms with Crippen LogP contribution in [0.15, 0.2) is 18.2 Å². The lowest BCUT2D eigenvalue weighted by Gasteiger charge is -2.12. The number of unbranched alkanes of at least 4 members (excludes halogenated alkanes) is 1. The van der Waals surface area contributed by atoms with Crippen LogP contribution in [-0.2, 0) is 0 Å². The van der Waals surface area contributed by atoms with E-state index in [-0.39, 0.29) is 29.9 Å². The summed E-state index contributed by atoms with van der Waals surface area (Å²) in [4.78, 5) is 10.4. The van der Waals surface area contributed by atoms with E-state index in [1.807, 2.05) is 0 Å². The van der Waals surface area contributed by atoms with E-state index < -0.39 is 4.92 Å². The van der Waals surface area contributed by atoms with Crippen LogP contribution in [0.4, 0.5) is 5.69 Å². The maximum atomic E-state index is 10.9. The molecule has 0 aliphatic heterocycles. The predicted octanol–water partition coefficient (Wildman–Crippen LogP) is 2.15. The van der Waals surface area contributed by atoms with Crippen molar-refractivity contribution in [2.24, 2.45) is 11.5 Å². The molecule has 4 N–H and O–H groups in total. The standard InChI is InChI=1S/C12H19N3O3.ClH/c1-18-12-6-5-9(8-11(12)15(16)17)10(14)4-2-3-7-13;/h5-6,8,10H,2-4,7,13-14H2,1H3;1H/t10-;/m0./s1. The molecule has 0 saturated heterocycles. The van der Waals surface area contributed by atoms with Gasteiger partial charge < -0.3 is 16.2 Å². The summed E-state index contributed by atoms with van der Waals surface area (Å²) in [6, 6.07) is 4.61. The largest absolute Gasteiger partial charge is 0.490 e. The minimum atomic E-state index is -0.463. The van der Waals surface area contributed by atoms with E-state index in [9.17, 15) is 10.1 Å². The van der Waals surface area contributed by atoms with Gasteiger partial charge in [-0.2, -0.15) is 0 Å². The molecule has 0 fully saturated rings. The normalized spacial score (nSPS) is 11.5. The molecule has 0 unspecified atom stereocenters. The maximum absolute atomic E-state index is 10.9. The first-order valence-corrected chi connectivity index (χ1v) is 5.88. The Labute approximate surface area is 118 Å². The Kier molecular flexibility index (Phi) is 8.06. The summed E-state index contributed by atoms with van der Waals surface area (Å²) in [7, 11) is 1.41. The second kappa shape index (κ2) is 8.68. The number of rotatable bonds is 7. The smallest absolute Gasteiger partial charge is 0.311 e. The number of methoxy groups -OCH3 is 1. The molecule has 0 heterocycles. The van der Waals surface area contributed by atoms with Gasteiger partial charge in [0.15, 0.2) is 5.75 Å². The molecular weight excluding hydrogens is 270 g/mol. The fraction of sp³-hybridized carbons (Fsp3) is 0.500. The molecule has 0 spiro atoms. The summed E-state index contributed by atoms with van der Waals surface area (Å²) in [6.07, 6.45) is 2.59. The van der Waals surface area contributed by atoms with E-state index in [2.05, 4.69) is 0 Å². The highest BCUT2D eigenvalue weighted by Gasteiger charge is 2.17. The Morgan fingerprint density at radius 2 is 2.11 bits per heavy atom. The van der Waals surface area contributed by atoms with Crippen LogP contribution in [0.5, 0.6) is 5.75 Å². The van der Waals surface area contributed by atoms with Crippen molar-refractivity contribution in [1.29, 1.82) is 0 Å². The Balaban J connectivity index is 0.00000324. The fourth-order valence-electron chi connectivity index (χ4n) is 1.76. The minimum absolute atomic E-state index is 0. The zero-order valence-electron chi connectivity index (χ0n) is 10.9. The average Bonchev–Trinajstić information content (AvgIpc) is 2.38. The summed E-state index contributed by atoms with van der Waals surface area (Å²) in [6.45, 7) is 0.634. The molecule has 108 valence electrons. The number of ether oxygens (including phenoxy) is 1. The quantitative estimate of drug-likeness (QED) is 0.454. The van der Waals surface area contributed by atoms with Gasteiger partial charge in [0.25, 0.3) is 0 Å². The molecule has 1 rings (SSSR count). The third-order valence-corrected chi connectivity index (χ3v) is 2.80. The number of hydrogen-bond donors (Lipinski definition) is 2. The number of hydrogen-bond acceptors (Lipinski definition) is 5. The summed E-state index contributed by atoms with van der Waals surface area (Å²) in [5.74, 6) is 0.248. The van der Waals surface area contributed by atoms with Gasteiger partial charge in [-0.05, 0) is 31.0 Å². The monoisotopic (exact) mass is 289 g/mol. The lowest BCUT2D eigenvalue weighted by Crippen LogP contribution is -2.11. The minimum Gasteiger partial charge on any atom is -0.490 e. The SMILES string of the molecule is COc1ccc([C@@H](N)CCCCN)cc1[N+](=O)[O-].Cl. The van der Waals surface area contributed by atoms with E-state index in [4.69, 9.17) is 16.2 Å². The molecule has 0 aliphatic carbocycles. The second-order valence-corrected chi connectivity index (χ2v) is 4.08. The highest BCUT2D eigenvalue weighted by Crippen LogP contribution is 2.30. The molecule has 1 aromatic rings. The molecule has 0 amide bonds. The second-order valence-electron chi connectivity index (χ2n) is 4.08. The van der Waals surface area contributed by atoms with Gasteiger partial charge in [0.1, 0.15) is 0 Å². The van der Waals surface area contributed by atoms with E-state index in [0.29, 0.717) is 6.54 Å². The van der Waals surface area contributed by atoms with Gasteiger partial charge in [0.05, 0.1) is 12.0 Å². The van der Waals surface area contributed by atoms with Crippen LogP contribution in [0.25, 0.3) is 0 Å². The molecule has 19 heavy (non-hydrogen) atoms.